The van der Waals surface area contributed by atoms with Crippen molar-refractivity contribution in [3.8, 4) is 0 Å². The molecule has 1 saturated heterocycles. The van der Waals surface area contributed by atoms with Gasteiger partial charge in [-0.05, 0) is 42.0 Å². The summed E-state index contributed by atoms with van der Waals surface area (Å²) in [4.78, 5) is 6.04. The molecular formula is C20H21FN6O2S. The van der Waals surface area contributed by atoms with E-state index in [4.69, 9.17) is 0 Å². The maximum Gasteiger partial charge on any atom is 0.218 e. The topological polar surface area (TPSA) is 91.3 Å². The molecule has 1 fully saturated rings. The largest absolute Gasteiger partial charge is 0.352 e. The van der Waals surface area contributed by atoms with Crippen LogP contribution in [0.1, 0.15) is 5.56 Å². The van der Waals surface area contributed by atoms with E-state index in [0.717, 1.165) is 5.69 Å². The zero-order chi connectivity index (χ0) is 21.0. The second-order valence-corrected chi connectivity index (χ2v) is 8.88. The fourth-order valence-electron chi connectivity index (χ4n) is 3.22. The Morgan fingerprint density at radius 1 is 0.967 bits per heavy atom. The zero-order valence-corrected chi connectivity index (χ0v) is 17.0. The van der Waals surface area contributed by atoms with E-state index in [2.05, 4.69) is 20.5 Å². The third kappa shape index (κ3) is 4.89. The Hall–Kier alpha value is -3.11. The molecule has 0 bridgehead atoms. The molecular weight excluding hydrogens is 407 g/mol. The van der Waals surface area contributed by atoms with Gasteiger partial charge in [-0.2, -0.15) is 4.31 Å². The molecule has 0 amide bonds. The number of benzene rings is 1. The van der Waals surface area contributed by atoms with E-state index in [-0.39, 0.29) is 11.6 Å². The Bertz CT molecular complexity index is 1070. The molecule has 0 saturated carbocycles. The number of nitrogens with one attached hydrogen (secondary N) is 1. The predicted octanol–water partition coefficient (Wildman–Crippen LogP) is 2.41. The van der Waals surface area contributed by atoms with Gasteiger partial charge in [0, 0.05) is 32.4 Å². The van der Waals surface area contributed by atoms with Crippen molar-refractivity contribution < 1.29 is 12.8 Å². The monoisotopic (exact) mass is 428 g/mol. The van der Waals surface area contributed by atoms with E-state index in [1.54, 1.807) is 12.4 Å². The van der Waals surface area contributed by atoms with E-state index in [1.807, 2.05) is 29.2 Å². The van der Waals surface area contributed by atoms with Crippen LogP contribution in [0.25, 0.3) is 0 Å². The number of piperazine rings is 1. The standard InChI is InChI=1S/C20H21FN6O2S/c21-17-5-3-16(4-6-17)15-30(28,29)27-12-10-26(11-13-27)20-8-7-19(24-25-20)23-18-2-1-9-22-14-18/h1-9,14H,10-13,15H2,(H,23,24). The summed E-state index contributed by atoms with van der Waals surface area (Å²) in [7, 11) is -3.46. The summed E-state index contributed by atoms with van der Waals surface area (Å²) in [6, 6.07) is 12.9. The zero-order valence-electron chi connectivity index (χ0n) is 16.1. The van der Waals surface area contributed by atoms with Crippen molar-refractivity contribution in [3.05, 3.63) is 72.3 Å². The molecule has 4 rings (SSSR count). The number of hydrogen-bond donors (Lipinski definition) is 1. The van der Waals surface area contributed by atoms with Crippen LogP contribution in [-0.2, 0) is 15.8 Å². The number of hydrogen-bond acceptors (Lipinski definition) is 7. The first-order valence-corrected chi connectivity index (χ1v) is 11.1. The van der Waals surface area contributed by atoms with E-state index >= 15 is 0 Å². The molecule has 8 nitrogen and oxygen atoms in total. The number of aromatic nitrogens is 3. The highest BCUT2D eigenvalue weighted by Gasteiger charge is 2.27. The van der Waals surface area contributed by atoms with Crippen molar-refractivity contribution >= 4 is 27.3 Å². The minimum Gasteiger partial charge on any atom is -0.352 e. The molecule has 1 aliphatic heterocycles. The molecule has 30 heavy (non-hydrogen) atoms. The van der Waals surface area contributed by atoms with Crippen molar-refractivity contribution in [1.29, 1.82) is 0 Å². The van der Waals surface area contributed by atoms with Crippen LogP contribution in [0.5, 0.6) is 0 Å². The maximum absolute atomic E-state index is 13.0. The summed E-state index contributed by atoms with van der Waals surface area (Å²) >= 11 is 0. The Morgan fingerprint density at radius 2 is 1.73 bits per heavy atom. The van der Waals surface area contributed by atoms with Crippen LogP contribution in [-0.4, -0.2) is 54.1 Å². The van der Waals surface area contributed by atoms with E-state index < -0.39 is 10.0 Å². The maximum atomic E-state index is 13.0. The molecule has 1 aromatic carbocycles. The predicted molar refractivity (Wildman–Crippen MR) is 112 cm³/mol. The minimum atomic E-state index is -3.46. The van der Waals surface area contributed by atoms with Gasteiger partial charge < -0.3 is 10.2 Å². The van der Waals surface area contributed by atoms with Crippen molar-refractivity contribution in [3.63, 3.8) is 0 Å². The third-order valence-corrected chi connectivity index (χ3v) is 6.65. The number of anilines is 3. The van der Waals surface area contributed by atoms with Gasteiger partial charge in [0.15, 0.2) is 11.6 Å². The fourth-order valence-corrected chi connectivity index (χ4v) is 4.74. The van der Waals surface area contributed by atoms with E-state index in [1.165, 1.54) is 28.6 Å². The Kier molecular flexibility index (Phi) is 5.86. The lowest BCUT2D eigenvalue weighted by Gasteiger charge is -2.34. The molecule has 0 radical (unpaired) electrons. The third-order valence-electron chi connectivity index (χ3n) is 4.80. The summed E-state index contributed by atoms with van der Waals surface area (Å²) in [6.45, 7) is 1.77. The van der Waals surface area contributed by atoms with Gasteiger partial charge in [-0.1, -0.05) is 12.1 Å². The molecule has 0 spiro atoms. The minimum absolute atomic E-state index is 0.137. The SMILES string of the molecule is O=S(=O)(Cc1ccc(F)cc1)N1CCN(c2ccc(Nc3cccnc3)nn2)CC1. The fraction of sp³-hybridized carbons (Fsp3) is 0.250. The van der Waals surface area contributed by atoms with Gasteiger partial charge >= 0.3 is 0 Å². The highest BCUT2D eigenvalue weighted by Crippen LogP contribution is 2.19. The molecule has 10 heteroatoms. The Labute approximate surface area is 174 Å². The van der Waals surface area contributed by atoms with Crippen LogP contribution in [0, 0.1) is 5.82 Å². The highest BCUT2D eigenvalue weighted by molar-refractivity contribution is 7.88. The first-order valence-electron chi connectivity index (χ1n) is 9.48. The molecule has 0 aliphatic carbocycles. The van der Waals surface area contributed by atoms with Gasteiger partial charge in [-0.3, -0.25) is 4.98 Å². The summed E-state index contributed by atoms with van der Waals surface area (Å²) in [5.41, 5.74) is 1.39. The molecule has 1 aliphatic rings. The second kappa shape index (κ2) is 8.72. The van der Waals surface area contributed by atoms with Gasteiger partial charge in [-0.15, -0.1) is 10.2 Å². The average Bonchev–Trinajstić information content (AvgIpc) is 2.77. The van der Waals surface area contributed by atoms with Gasteiger partial charge in [0.1, 0.15) is 5.82 Å². The smallest absolute Gasteiger partial charge is 0.218 e. The Morgan fingerprint density at radius 3 is 2.37 bits per heavy atom. The molecule has 3 aromatic rings. The van der Waals surface area contributed by atoms with Crippen molar-refractivity contribution in [1.82, 2.24) is 19.5 Å². The van der Waals surface area contributed by atoms with E-state index in [0.29, 0.717) is 43.4 Å². The average molecular weight is 428 g/mol. The van der Waals surface area contributed by atoms with Gasteiger partial charge in [0.05, 0.1) is 17.6 Å². The van der Waals surface area contributed by atoms with Crippen molar-refractivity contribution in [2.24, 2.45) is 0 Å². The molecule has 2 aromatic heterocycles. The van der Waals surface area contributed by atoms with Gasteiger partial charge in [0.2, 0.25) is 10.0 Å². The molecule has 0 atom stereocenters. The van der Waals surface area contributed by atoms with Crippen molar-refractivity contribution in [2.75, 3.05) is 36.4 Å². The Balaban J connectivity index is 1.34. The highest BCUT2D eigenvalue weighted by atomic mass is 32.2. The van der Waals surface area contributed by atoms with Gasteiger partial charge in [-0.25, -0.2) is 12.8 Å². The summed E-state index contributed by atoms with van der Waals surface area (Å²) < 4.78 is 39.8. The lowest BCUT2D eigenvalue weighted by molar-refractivity contribution is 0.383. The first kappa shape index (κ1) is 20.2. The lowest BCUT2D eigenvalue weighted by atomic mass is 10.2. The van der Waals surface area contributed by atoms with Crippen LogP contribution >= 0.6 is 0 Å². The normalized spacial score (nSPS) is 15.2. The number of pyridine rings is 1. The lowest BCUT2D eigenvalue weighted by Crippen LogP contribution is -2.49. The molecule has 3 heterocycles. The second-order valence-electron chi connectivity index (χ2n) is 6.91. The molecule has 1 N–H and O–H groups in total. The molecule has 156 valence electrons. The van der Waals surface area contributed by atoms with Gasteiger partial charge in [0.25, 0.3) is 0 Å². The number of nitrogens with zero attached hydrogens (tertiary/aromatic N) is 5. The van der Waals surface area contributed by atoms with Crippen LogP contribution in [0.4, 0.5) is 21.7 Å². The van der Waals surface area contributed by atoms with Crippen molar-refractivity contribution in [2.45, 2.75) is 5.75 Å². The number of halogens is 1. The van der Waals surface area contributed by atoms with Crippen LogP contribution in [0.2, 0.25) is 0 Å². The van der Waals surface area contributed by atoms with Crippen LogP contribution < -0.4 is 10.2 Å². The van der Waals surface area contributed by atoms with Crippen LogP contribution in [0.15, 0.2) is 60.9 Å². The first-order chi connectivity index (χ1) is 14.5. The number of rotatable bonds is 6. The quantitative estimate of drug-likeness (QED) is 0.645. The number of sulfonamides is 1. The summed E-state index contributed by atoms with van der Waals surface area (Å²) in [5, 5.41) is 11.6. The van der Waals surface area contributed by atoms with Crippen LogP contribution in [0.3, 0.4) is 0 Å². The van der Waals surface area contributed by atoms with E-state index in [9.17, 15) is 12.8 Å². The molecule has 0 unspecified atom stereocenters. The summed E-state index contributed by atoms with van der Waals surface area (Å²) in [6.07, 6.45) is 3.39. The summed E-state index contributed by atoms with van der Waals surface area (Å²) in [5.74, 6) is 0.782.